The highest BCUT2D eigenvalue weighted by molar-refractivity contribution is 5.92. The van der Waals surface area contributed by atoms with Gasteiger partial charge in [-0.05, 0) is 101 Å². The molecule has 9 heteroatoms. The van der Waals surface area contributed by atoms with Gasteiger partial charge in [0.2, 0.25) is 11.8 Å². The summed E-state index contributed by atoms with van der Waals surface area (Å²) in [5, 5.41) is 7.80. The molecule has 1 aromatic carbocycles. The molecule has 5 rings (SSSR count). The van der Waals surface area contributed by atoms with Gasteiger partial charge in [-0.25, -0.2) is 9.59 Å². The molecule has 0 heterocycles. The summed E-state index contributed by atoms with van der Waals surface area (Å²) in [7, 11) is 0. The summed E-state index contributed by atoms with van der Waals surface area (Å²) in [5.74, 6) is 2.52. The summed E-state index contributed by atoms with van der Waals surface area (Å²) in [5.41, 5.74) is 1.50. The highest BCUT2D eigenvalue weighted by Crippen LogP contribution is 2.54. The monoisotopic (exact) mass is 617 g/mol. The van der Waals surface area contributed by atoms with E-state index in [-0.39, 0.29) is 13.0 Å². The number of carbonyl (C=O) groups is 4. The van der Waals surface area contributed by atoms with E-state index in [0.29, 0.717) is 24.0 Å². The SMILES string of the molecule is CC(NC(=O)C(Cc1ccccc1)NC(=O)CNC(=O)OC(C)(C)C)C(=O)OC1=CCC2C(=CCC3C4CC=CC4CCC23)C1. The van der Waals surface area contributed by atoms with Gasteiger partial charge in [0.05, 0.1) is 0 Å². The third-order valence-electron chi connectivity index (χ3n) is 9.57. The van der Waals surface area contributed by atoms with Crippen molar-refractivity contribution in [3.8, 4) is 0 Å². The predicted octanol–water partition coefficient (Wildman–Crippen LogP) is 5.13. The number of ether oxygens (including phenoxy) is 2. The summed E-state index contributed by atoms with van der Waals surface area (Å²) in [6.45, 7) is 6.38. The van der Waals surface area contributed by atoms with Gasteiger partial charge >= 0.3 is 12.1 Å². The summed E-state index contributed by atoms with van der Waals surface area (Å²) < 4.78 is 11.0. The molecule has 0 radical (unpaired) electrons. The van der Waals surface area contributed by atoms with Crippen molar-refractivity contribution in [2.75, 3.05) is 6.54 Å². The number of carbonyl (C=O) groups excluding carboxylic acids is 4. The van der Waals surface area contributed by atoms with Crippen LogP contribution in [0.4, 0.5) is 4.79 Å². The fourth-order valence-corrected chi connectivity index (χ4v) is 7.51. The number of benzene rings is 1. The van der Waals surface area contributed by atoms with E-state index in [2.05, 4.69) is 40.3 Å². The molecule has 45 heavy (non-hydrogen) atoms. The zero-order valence-corrected chi connectivity index (χ0v) is 26.8. The zero-order chi connectivity index (χ0) is 32.1. The normalized spacial score (nSPS) is 26.4. The van der Waals surface area contributed by atoms with Crippen molar-refractivity contribution in [1.82, 2.24) is 16.0 Å². The van der Waals surface area contributed by atoms with Crippen molar-refractivity contribution < 1.29 is 28.7 Å². The number of alkyl carbamates (subject to hydrolysis) is 1. The average molecular weight is 618 g/mol. The molecule has 7 unspecified atom stereocenters. The molecule has 1 saturated carbocycles. The van der Waals surface area contributed by atoms with Gasteiger partial charge in [0, 0.05) is 12.8 Å². The molecule has 3 amide bonds. The van der Waals surface area contributed by atoms with Crippen molar-refractivity contribution in [1.29, 1.82) is 0 Å². The zero-order valence-electron chi connectivity index (χ0n) is 26.8. The lowest BCUT2D eigenvalue weighted by molar-refractivity contribution is -0.144. The number of esters is 1. The second-order valence-electron chi connectivity index (χ2n) is 13.9. The molecule has 9 nitrogen and oxygen atoms in total. The maximum Gasteiger partial charge on any atom is 0.408 e. The van der Waals surface area contributed by atoms with Crippen LogP contribution in [0.3, 0.4) is 0 Å². The number of fused-ring (bicyclic) bond motifs is 5. The molecule has 0 spiro atoms. The second kappa shape index (κ2) is 14.0. The number of allylic oxidation sites excluding steroid dienone is 5. The van der Waals surface area contributed by atoms with Gasteiger partial charge in [-0.3, -0.25) is 9.59 Å². The Bertz CT molecular complexity index is 1360. The molecule has 242 valence electrons. The Kier molecular flexibility index (Phi) is 10.1. The van der Waals surface area contributed by atoms with Gasteiger partial charge in [-0.15, -0.1) is 0 Å². The fraction of sp³-hybridized carbons (Fsp3) is 0.556. The quantitative estimate of drug-likeness (QED) is 0.261. The molecule has 1 aromatic rings. The van der Waals surface area contributed by atoms with Crippen LogP contribution in [0.1, 0.15) is 71.8 Å². The minimum atomic E-state index is -0.976. The maximum absolute atomic E-state index is 13.3. The first kappa shape index (κ1) is 32.5. The first-order valence-electron chi connectivity index (χ1n) is 16.3. The molecule has 3 N–H and O–H groups in total. The Morgan fingerprint density at radius 1 is 0.933 bits per heavy atom. The van der Waals surface area contributed by atoms with E-state index in [1.807, 2.05) is 30.3 Å². The Morgan fingerprint density at radius 2 is 1.71 bits per heavy atom. The molecule has 0 saturated heterocycles. The van der Waals surface area contributed by atoms with Crippen LogP contribution in [-0.2, 0) is 30.3 Å². The summed E-state index contributed by atoms with van der Waals surface area (Å²) in [4.78, 5) is 51.1. The van der Waals surface area contributed by atoms with Crippen molar-refractivity contribution in [2.24, 2.45) is 29.6 Å². The maximum atomic E-state index is 13.3. The predicted molar refractivity (Wildman–Crippen MR) is 170 cm³/mol. The van der Waals surface area contributed by atoms with Crippen molar-refractivity contribution in [3.05, 3.63) is 71.5 Å². The van der Waals surface area contributed by atoms with E-state index in [0.717, 1.165) is 36.2 Å². The molecule has 1 fully saturated rings. The minimum absolute atomic E-state index is 0.202. The fourth-order valence-electron chi connectivity index (χ4n) is 7.51. The van der Waals surface area contributed by atoms with Crippen molar-refractivity contribution in [3.63, 3.8) is 0 Å². The average Bonchev–Trinajstić information content (AvgIpc) is 3.48. The van der Waals surface area contributed by atoms with E-state index in [1.165, 1.54) is 24.8 Å². The highest BCUT2D eigenvalue weighted by Gasteiger charge is 2.45. The Balaban J connectivity index is 1.15. The van der Waals surface area contributed by atoms with Gasteiger partial charge in [0.15, 0.2) is 0 Å². The third kappa shape index (κ3) is 8.44. The number of hydrogen-bond acceptors (Lipinski definition) is 6. The second-order valence-corrected chi connectivity index (χ2v) is 13.9. The molecule has 4 aliphatic carbocycles. The van der Waals surface area contributed by atoms with Crippen LogP contribution in [0.5, 0.6) is 0 Å². The number of hydrogen-bond donors (Lipinski definition) is 3. The van der Waals surface area contributed by atoms with Gasteiger partial charge < -0.3 is 25.4 Å². The topological polar surface area (TPSA) is 123 Å². The van der Waals surface area contributed by atoms with Crippen LogP contribution in [0.25, 0.3) is 0 Å². The van der Waals surface area contributed by atoms with E-state index in [4.69, 9.17) is 9.47 Å². The molecular weight excluding hydrogens is 570 g/mol. The standard InChI is InChI=1S/C36H47N3O6/c1-22(34(42)44-26-15-18-28-25(20-26)14-17-29-27-12-8-11-24(27)13-16-30(28)29)38-33(41)31(19-23-9-6-5-7-10-23)39-32(40)21-37-35(43)45-36(2,3)4/h5-11,14-15,22,24,27-31H,12-13,16-21H2,1-4H3,(H,37,43)(H,38,41)(H,39,40). The first-order valence-corrected chi connectivity index (χ1v) is 16.3. The largest absolute Gasteiger partial charge is 0.444 e. The van der Waals surface area contributed by atoms with E-state index in [1.54, 1.807) is 27.7 Å². The minimum Gasteiger partial charge on any atom is -0.444 e. The van der Waals surface area contributed by atoms with Crippen LogP contribution >= 0.6 is 0 Å². The third-order valence-corrected chi connectivity index (χ3v) is 9.57. The lowest BCUT2D eigenvalue weighted by Gasteiger charge is -2.47. The summed E-state index contributed by atoms with van der Waals surface area (Å²) in [6, 6.07) is 7.35. The molecule has 0 aromatic heterocycles. The van der Waals surface area contributed by atoms with Gasteiger partial charge in [-0.1, -0.05) is 54.1 Å². The van der Waals surface area contributed by atoms with Gasteiger partial charge in [0.1, 0.15) is 30.0 Å². The van der Waals surface area contributed by atoms with Crippen LogP contribution in [0.2, 0.25) is 0 Å². The molecule has 0 aliphatic heterocycles. The number of rotatable bonds is 9. The lowest BCUT2D eigenvalue weighted by Crippen LogP contribution is -2.53. The van der Waals surface area contributed by atoms with Crippen molar-refractivity contribution >= 4 is 23.9 Å². The van der Waals surface area contributed by atoms with Gasteiger partial charge in [-0.2, -0.15) is 0 Å². The smallest absolute Gasteiger partial charge is 0.408 e. The van der Waals surface area contributed by atoms with Crippen molar-refractivity contribution in [2.45, 2.75) is 90.3 Å². The molecule has 7 atom stereocenters. The Morgan fingerprint density at radius 3 is 2.47 bits per heavy atom. The van der Waals surface area contributed by atoms with E-state index < -0.39 is 41.6 Å². The first-order chi connectivity index (χ1) is 21.5. The van der Waals surface area contributed by atoms with E-state index in [9.17, 15) is 19.2 Å². The molecule has 0 bridgehead atoms. The van der Waals surface area contributed by atoms with Crippen LogP contribution in [0.15, 0.2) is 66.0 Å². The van der Waals surface area contributed by atoms with E-state index >= 15 is 0 Å². The number of nitrogens with one attached hydrogen (secondary N) is 3. The van der Waals surface area contributed by atoms with Crippen LogP contribution < -0.4 is 16.0 Å². The van der Waals surface area contributed by atoms with Crippen LogP contribution in [-0.4, -0.2) is 48.1 Å². The van der Waals surface area contributed by atoms with Crippen LogP contribution in [0, 0.1) is 29.6 Å². The summed E-state index contributed by atoms with van der Waals surface area (Å²) >= 11 is 0. The number of amides is 3. The molecule has 4 aliphatic rings. The summed E-state index contributed by atoms with van der Waals surface area (Å²) in [6.07, 6.45) is 15.1. The Hall–Kier alpha value is -3.88. The lowest BCUT2D eigenvalue weighted by atomic mass is 9.57. The Labute approximate surface area is 266 Å². The highest BCUT2D eigenvalue weighted by atomic mass is 16.6. The molecular formula is C36H47N3O6. The van der Waals surface area contributed by atoms with Gasteiger partial charge in [0.25, 0.3) is 0 Å².